The van der Waals surface area contributed by atoms with Crippen LogP contribution in [0.5, 0.6) is 5.75 Å². The Bertz CT molecular complexity index is 551. The predicted molar refractivity (Wildman–Crippen MR) is 93.3 cm³/mol. The highest BCUT2D eigenvalue weighted by atomic mass is 16.5. The SMILES string of the molecule is CC(CCc1ccccc1)NCc1cccc(OC(C)C)c1. The molecule has 2 aromatic rings. The second kappa shape index (κ2) is 8.60. The number of hydrogen-bond donors (Lipinski definition) is 1. The van der Waals surface area contributed by atoms with Gasteiger partial charge in [0.15, 0.2) is 0 Å². The van der Waals surface area contributed by atoms with Crippen molar-refractivity contribution in [2.24, 2.45) is 0 Å². The number of benzene rings is 2. The van der Waals surface area contributed by atoms with Gasteiger partial charge in [-0.25, -0.2) is 0 Å². The van der Waals surface area contributed by atoms with Crippen LogP contribution in [0.2, 0.25) is 0 Å². The number of hydrogen-bond acceptors (Lipinski definition) is 2. The minimum atomic E-state index is 0.216. The molecule has 0 saturated heterocycles. The first kappa shape index (κ1) is 16.6. The topological polar surface area (TPSA) is 21.3 Å². The van der Waals surface area contributed by atoms with Gasteiger partial charge in [-0.15, -0.1) is 0 Å². The third-order valence-corrected chi connectivity index (χ3v) is 3.63. The molecular formula is C20H27NO. The van der Waals surface area contributed by atoms with Crippen LogP contribution in [0.3, 0.4) is 0 Å². The van der Waals surface area contributed by atoms with E-state index < -0.39 is 0 Å². The summed E-state index contributed by atoms with van der Waals surface area (Å²) in [5, 5.41) is 3.59. The molecule has 0 aliphatic rings. The molecule has 0 saturated carbocycles. The van der Waals surface area contributed by atoms with Gasteiger partial charge in [-0.1, -0.05) is 42.5 Å². The maximum atomic E-state index is 5.74. The van der Waals surface area contributed by atoms with Crippen molar-refractivity contribution in [1.82, 2.24) is 5.32 Å². The molecule has 0 fully saturated rings. The molecule has 1 atom stereocenters. The lowest BCUT2D eigenvalue weighted by Gasteiger charge is -2.15. The number of ether oxygens (including phenoxy) is 1. The van der Waals surface area contributed by atoms with E-state index in [1.165, 1.54) is 11.1 Å². The molecule has 0 radical (unpaired) electrons. The molecule has 0 spiro atoms. The third kappa shape index (κ3) is 5.90. The summed E-state index contributed by atoms with van der Waals surface area (Å²) in [5.41, 5.74) is 2.67. The Morgan fingerprint density at radius 3 is 2.36 bits per heavy atom. The minimum Gasteiger partial charge on any atom is -0.491 e. The fraction of sp³-hybridized carbons (Fsp3) is 0.400. The first-order valence-electron chi connectivity index (χ1n) is 8.16. The summed E-state index contributed by atoms with van der Waals surface area (Å²) in [7, 11) is 0. The summed E-state index contributed by atoms with van der Waals surface area (Å²) in [4.78, 5) is 0. The van der Waals surface area contributed by atoms with E-state index in [1.54, 1.807) is 0 Å². The lowest BCUT2D eigenvalue weighted by Crippen LogP contribution is -2.26. The average Bonchev–Trinajstić information content (AvgIpc) is 2.52. The van der Waals surface area contributed by atoms with Gasteiger partial charge in [0.1, 0.15) is 5.75 Å². The summed E-state index contributed by atoms with van der Waals surface area (Å²) in [5.74, 6) is 0.950. The maximum absolute atomic E-state index is 5.74. The zero-order valence-corrected chi connectivity index (χ0v) is 13.9. The van der Waals surface area contributed by atoms with Gasteiger partial charge in [0, 0.05) is 12.6 Å². The van der Waals surface area contributed by atoms with E-state index in [1.807, 2.05) is 6.07 Å². The smallest absolute Gasteiger partial charge is 0.120 e. The van der Waals surface area contributed by atoms with Crippen LogP contribution in [0.25, 0.3) is 0 Å². The molecule has 1 unspecified atom stereocenters. The van der Waals surface area contributed by atoms with Crippen molar-refractivity contribution in [3.8, 4) is 5.75 Å². The highest BCUT2D eigenvalue weighted by molar-refractivity contribution is 5.28. The van der Waals surface area contributed by atoms with Crippen molar-refractivity contribution in [2.45, 2.75) is 52.3 Å². The van der Waals surface area contributed by atoms with Gasteiger partial charge in [-0.05, 0) is 56.9 Å². The molecule has 1 N–H and O–H groups in total. The van der Waals surface area contributed by atoms with E-state index in [-0.39, 0.29) is 6.10 Å². The molecule has 0 amide bonds. The molecule has 0 aliphatic heterocycles. The summed E-state index contributed by atoms with van der Waals surface area (Å²) < 4.78 is 5.74. The molecule has 2 heteroatoms. The molecule has 0 heterocycles. The van der Waals surface area contributed by atoms with Crippen LogP contribution in [-0.4, -0.2) is 12.1 Å². The van der Waals surface area contributed by atoms with Crippen molar-refractivity contribution in [3.63, 3.8) is 0 Å². The maximum Gasteiger partial charge on any atom is 0.120 e. The molecule has 2 aromatic carbocycles. The Hall–Kier alpha value is -1.80. The fourth-order valence-corrected chi connectivity index (χ4v) is 2.42. The predicted octanol–water partition coefficient (Wildman–Crippen LogP) is 4.58. The fourth-order valence-electron chi connectivity index (χ4n) is 2.42. The molecule has 22 heavy (non-hydrogen) atoms. The van der Waals surface area contributed by atoms with Crippen molar-refractivity contribution >= 4 is 0 Å². The van der Waals surface area contributed by atoms with Gasteiger partial charge in [-0.2, -0.15) is 0 Å². The Labute approximate surface area is 134 Å². The van der Waals surface area contributed by atoms with E-state index in [2.05, 4.69) is 74.6 Å². The van der Waals surface area contributed by atoms with Crippen LogP contribution < -0.4 is 10.1 Å². The quantitative estimate of drug-likeness (QED) is 0.770. The van der Waals surface area contributed by atoms with E-state index >= 15 is 0 Å². The largest absolute Gasteiger partial charge is 0.491 e. The van der Waals surface area contributed by atoms with Crippen LogP contribution in [0.15, 0.2) is 54.6 Å². The Kier molecular flexibility index (Phi) is 6.47. The standard InChI is InChI=1S/C20H27NO/c1-16(2)22-20-11-7-10-19(14-20)15-21-17(3)12-13-18-8-5-4-6-9-18/h4-11,14,16-17,21H,12-13,15H2,1-3H3. The van der Waals surface area contributed by atoms with E-state index in [4.69, 9.17) is 4.74 Å². The van der Waals surface area contributed by atoms with Crippen molar-refractivity contribution in [2.75, 3.05) is 0 Å². The van der Waals surface area contributed by atoms with Crippen LogP contribution in [0.1, 0.15) is 38.3 Å². The normalized spacial score (nSPS) is 12.4. The van der Waals surface area contributed by atoms with Gasteiger partial charge in [0.05, 0.1) is 6.10 Å². The first-order chi connectivity index (χ1) is 10.6. The average molecular weight is 297 g/mol. The summed E-state index contributed by atoms with van der Waals surface area (Å²) in [6.07, 6.45) is 2.48. The third-order valence-electron chi connectivity index (χ3n) is 3.63. The monoisotopic (exact) mass is 297 g/mol. The van der Waals surface area contributed by atoms with E-state index in [0.717, 1.165) is 25.1 Å². The van der Waals surface area contributed by atoms with Gasteiger partial charge >= 0.3 is 0 Å². The molecule has 0 bridgehead atoms. The van der Waals surface area contributed by atoms with Crippen molar-refractivity contribution in [3.05, 3.63) is 65.7 Å². The van der Waals surface area contributed by atoms with Crippen LogP contribution in [0, 0.1) is 0 Å². The van der Waals surface area contributed by atoms with Gasteiger partial charge in [0.2, 0.25) is 0 Å². The summed E-state index contributed by atoms with van der Waals surface area (Å²) in [6.45, 7) is 7.23. The van der Waals surface area contributed by atoms with Crippen LogP contribution in [0.4, 0.5) is 0 Å². The zero-order valence-electron chi connectivity index (χ0n) is 13.9. The molecule has 0 aliphatic carbocycles. The number of nitrogens with one attached hydrogen (secondary N) is 1. The van der Waals surface area contributed by atoms with Crippen molar-refractivity contribution < 1.29 is 4.74 Å². The lowest BCUT2D eigenvalue weighted by molar-refractivity contribution is 0.242. The minimum absolute atomic E-state index is 0.216. The molecule has 0 aromatic heterocycles. The van der Waals surface area contributed by atoms with Gasteiger partial charge in [0.25, 0.3) is 0 Å². The van der Waals surface area contributed by atoms with E-state index in [9.17, 15) is 0 Å². The lowest BCUT2D eigenvalue weighted by atomic mass is 10.1. The van der Waals surface area contributed by atoms with Crippen molar-refractivity contribution in [1.29, 1.82) is 0 Å². The summed E-state index contributed by atoms with van der Waals surface area (Å²) in [6, 6.07) is 19.5. The molecule has 118 valence electrons. The highest BCUT2D eigenvalue weighted by Gasteiger charge is 2.04. The summed E-state index contributed by atoms with van der Waals surface area (Å²) >= 11 is 0. The number of aryl methyl sites for hydroxylation is 1. The number of rotatable bonds is 8. The Morgan fingerprint density at radius 2 is 1.64 bits per heavy atom. The van der Waals surface area contributed by atoms with E-state index in [0.29, 0.717) is 6.04 Å². The molecular weight excluding hydrogens is 270 g/mol. The van der Waals surface area contributed by atoms with Crippen LogP contribution >= 0.6 is 0 Å². The molecule has 2 rings (SSSR count). The van der Waals surface area contributed by atoms with Gasteiger partial charge in [-0.3, -0.25) is 0 Å². The Morgan fingerprint density at radius 1 is 0.909 bits per heavy atom. The highest BCUT2D eigenvalue weighted by Crippen LogP contribution is 2.15. The first-order valence-corrected chi connectivity index (χ1v) is 8.16. The Balaban J connectivity index is 1.77. The molecule has 2 nitrogen and oxygen atoms in total. The second-order valence-electron chi connectivity index (χ2n) is 6.12. The second-order valence-corrected chi connectivity index (χ2v) is 6.12. The van der Waals surface area contributed by atoms with Crippen LogP contribution in [-0.2, 0) is 13.0 Å². The zero-order chi connectivity index (χ0) is 15.8. The van der Waals surface area contributed by atoms with Gasteiger partial charge < -0.3 is 10.1 Å².